The van der Waals surface area contributed by atoms with E-state index in [2.05, 4.69) is 13.8 Å². The molecule has 0 radical (unpaired) electrons. The Morgan fingerprint density at radius 1 is 1.17 bits per heavy atom. The van der Waals surface area contributed by atoms with E-state index in [0.717, 1.165) is 12.8 Å². The molecule has 0 amide bonds. The summed E-state index contributed by atoms with van der Waals surface area (Å²) in [6.07, 6.45) is 1.92. The second-order valence-electron chi connectivity index (χ2n) is 0.707. The molecule has 0 unspecified atom stereocenters. The molecule has 0 aliphatic carbocycles. The summed E-state index contributed by atoms with van der Waals surface area (Å²) in [5, 5.41) is 0. The van der Waals surface area contributed by atoms with Crippen LogP contribution in [0.25, 0.3) is 0 Å². The van der Waals surface area contributed by atoms with Crippen LogP contribution in [-0.2, 0) is 19.8 Å². The van der Waals surface area contributed by atoms with Crippen molar-refractivity contribution in [2.75, 3.05) is 0 Å². The zero-order valence-electron chi connectivity index (χ0n) is 3.59. The van der Waals surface area contributed by atoms with Crippen molar-refractivity contribution < 1.29 is 19.8 Å². The molecule has 0 saturated heterocycles. The van der Waals surface area contributed by atoms with Gasteiger partial charge in [-0.3, -0.25) is 0 Å². The van der Waals surface area contributed by atoms with E-state index in [1.807, 2.05) is 15.9 Å². The molecule has 0 atom stereocenters. The van der Waals surface area contributed by atoms with Crippen molar-refractivity contribution >= 4 is 0 Å². The minimum absolute atomic E-state index is 0.958. The van der Waals surface area contributed by atoms with Gasteiger partial charge in [0.2, 0.25) is 0 Å². The predicted octanol–water partition coefficient (Wildman–Crippen LogP) is 1.31. The van der Waals surface area contributed by atoms with Gasteiger partial charge in [-0.05, 0) is 0 Å². The van der Waals surface area contributed by atoms with E-state index in [1.54, 1.807) is 0 Å². The van der Waals surface area contributed by atoms with Gasteiger partial charge in [-0.2, -0.15) is 0 Å². The molecule has 0 spiro atoms. The van der Waals surface area contributed by atoms with Gasteiger partial charge in [-0.15, -0.1) is 0 Å². The van der Waals surface area contributed by atoms with Crippen LogP contribution in [0.4, 0.5) is 0 Å². The van der Waals surface area contributed by atoms with E-state index in [0.29, 0.717) is 0 Å². The summed E-state index contributed by atoms with van der Waals surface area (Å²) in [4.78, 5) is 0. The van der Waals surface area contributed by atoms with Crippen molar-refractivity contribution in [2.45, 2.75) is 12.8 Å². The van der Waals surface area contributed by atoms with Gasteiger partial charge in [0.15, 0.2) is 0 Å². The van der Waals surface area contributed by atoms with Gasteiger partial charge in [-0.1, -0.05) is 0 Å². The first-order chi connectivity index (χ1) is 2.91. The van der Waals surface area contributed by atoms with Crippen LogP contribution in [-0.4, -0.2) is 0 Å². The van der Waals surface area contributed by atoms with Crippen molar-refractivity contribution in [1.82, 2.24) is 0 Å². The first-order valence-electron chi connectivity index (χ1n) is 1.64. The molecule has 0 bridgehead atoms. The molecule has 0 aromatic heterocycles. The summed E-state index contributed by atoms with van der Waals surface area (Å²) in [5.74, 6) is 0. The van der Waals surface area contributed by atoms with Crippen molar-refractivity contribution in [3.05, 3.63) is 13.8 Å². The molecule has 0 fully saturated rings. The molecule has 0 N–H and O–H groups in total. The molecular formula is C4H8FeO-2. The average molecular weight is 128 g/mol. The normalized spacial score (nSPS) is 5.83. The quantitative estimate of drug-likeness (QED) is 0.384. The molecule has 0 aliphatic heterocycles. The molecule has 6 heavy (non-hydrogen) atoms. The molecule has 40 valence electrons. The van der Waals surface area contributed by atoms with E-state index in [1.165, 1.54) is 0 Å². The number of hydrogen-bond donors (Lipinski definition) is 0. The van der Waals surface area contributed by atoms with Crippen LogP contribution in [0.15, 0.2) is 0 Å². The summed E-state index contributed by atoms with van der Waals surface area (Å²) < 4.78 is 8.00. The molecular weight excluding hydrogens is 120 g/mol. The predicted molar refractivity (Wildman–Crippen MR) is 20.6 cm³/mol. The zero-order valence-corrected chi connectivity index (χ0v) is 4.69. The summed E-state index contributed by atoms with van der Waals surface area (Å²) in [6.45, 7) is 7.08. The van der Waals surface area contributed by atoms with Crippen molar-refractivity contribution in [3.8, 4) is 0 Å². The SMILES string of the molecule is [CH2-]CC[CH2-].[O]=[Fe]. The van der Waals surface area contributed by atoms with Crippen LogP contribution in [0.1, 0.15) is 12.8 Å². The number of hydrogen-bond acceptors (Lipinski definition) is 1. The summed E-state index contributed by atoms with van der Waals surface area (Å²) in [7, 11) is 0. The van der Waals surface area contributed by atoms with Crippen molar-refractivity contribution in [1.29, 1.82) is 0 Å². The minimum atomic E-state index is 0.958. The summed E-state index contributed by atoms with van der Waals surface area (Å²) in [5.41, 5.74) is 0. The first-order valence-corrected chi connectivity index (χ1v) is 2.10. The topological polar surface area (TPSA) is 17.1 Å². The Morgan fingerprint density at radius 3 is 1.33 bits per heavy atom. The van der Waals surface area contributed by atoms with Crippen LogP contribution in [0, 0.1) is 13.8 Å². The maximum atomic E-state index is 8.00. The third-order valence-corrected chi connectivity index (χ3v) is 0.250. The Kier molecular flexibility index (Phi) is 29.5. The molecule has 2 heteroatoms. The third kappa shape index (κ3) is 27.3. The second kappa shape index (κ2) is 18.4. The number of rotatable bonds is 1. The van der Waals surface area contributed by atoms with Crippen molar-refractivity contribution in [3.63, 3.8) is 0 Å². The summed E-state index contributed by atoms with van der Waals surface area (Å²) in [6, 6.07) is 0. The second-order valence-corrected chi connectivity index (χ2v) is 0.707. The van der Waals surface area contributed by atoms with E-state index in [-0.39, 0.29) is 0 Å². The van der Waals surface area contributed by atoms with Gasteiger partial charge < -0.3 is 13.8 Å². The van der Waals surface area contributed by atoms with Gasteiger partial charge in [0.25, 0.3) is 0 Å². The monoisotopic (exact) mass is 128 g/mol. The van der Waals surface area contributed by atoms with Crippen LogP contribution in [0.2, 0.25) is 0 Å². The Bertz CT molecular complexity index is 15.0. The Morgan fingerprint density at radius 2 is 1.33 bits per heavy atom. The van der Waals surface area contributed by atoms with Gasteiger partial charge in [0, 0.05) is 0 Å². The molecule has 0 heterocycles. The molecule has 0 rings (SSSR count). The van der Waals surface area contributed by atoms with Gasteiger partial charge >= 0.3 is 19.8 Å². The Hall–Kier alpha value is 0.319. The molecule has 0 aromatic rings. The molecule has 0 aliphatic rings. The van der Waals surface area contributed by atoms with Crippen LogP contribution in [0.5, 0.6) is 0 Å². The first kappa shape index (κ1) is 9.58. The van der Waals surface area contributed by atoms with Crippen LogP contribution >= 0.6 is 0 Å². The fourth-order valence-electron chi connectivity index (χ4n) is 0. The van der Waals surface area contributed by atoms with Crippen molar-refractivity contribution in [2.24, 2.45) is 0 Å². The number of unbranched alkanes of at least 4 members (excludes halogenated alkanes) is 1. The van der Waals surface area contributed by atoms with Gasteiger partial charge in [0.1, 0.15) is 0 Å². The van der Waals surface area contributed by atoms with E-state index in [4.69, 9.17) is 3.83 Å². The van der Waals surface area contributed by atoms with Crippen LogP contribution < -0.4 is 0 Å². The third-order valence-electron chi connectivity index (χ3n) is 0.250. The molecule has 1 nitrogen and oxygen atoms in total. The van der Waals surface area contributed by atoms with E-state index in [9.17, 15) is 0 Å². The standard InChI is InChI=1S/C4H8.Fe.O/c1-3-4-2;;/h1-4H2;;/q-2;;. The van der Waals surface area contributed by atoms with Crippen LogP contribution in [0.3, 0.4) is 0 Å². The average Bonchev–Trinajstić information content (AvgIpc) is 1.72. The van der Waals surface area contributed by atoms with Gasteiger partial charge in [-0.25, -0.2) is 12.8 Å². The molecule has 0 saturated carbocycles. The maximum absolute atomic E-state index is 8.00. The Balaban J connectivity index is 0. The fraction of sp³-hybridized carbons (Fsp3) is 0.500. The summed E-state index contributed by atoms with van der Waals surface area (Å²) >= 11 is 2.00. The van der Waals surface area contributed by atoms with E-state index >= 15 is 0 Å². The molecule has 0 aromatic carbocycles. The zero-order chi connectivity index (χ0) is 5.41. The van der Waals surface area contributed by atoms with Gasteiger partial charge in [0.05, 0.1) is 0 Å². The Labute approximate surface area is 47.1 Å². The van der Waals surface area contributed by atoms with E-state index < -0.39 is 0 Å². The fourth-order valence-corrected chi connectivity index (χ4v) is 0.